The summed E-state index contributed by atoms with van der Waals surface area (Å²) >= 11 is 0. The van der Waals surface area contributed by atoms with E-state index in [1.165, 1.54) is 49.4 Å². The predicted molar refractivity (Wildman–Crippen MR) is 174 cm³/mol. The Hall–Kier alpha value is -5.65. The third-order valence-corrected chi connectivity index (χ3v) is 8.03. The smallest absolute Gasteiger partial charge is 0.118 e. The second-order valence-electron chi connectivity index (χ2n) is 10.4. The van der Waals surface area contributed by atoms with E-state index in [9.17, 15) is 5.26 Å². The molecule has 0 aliphatic carbocycles. The van der Waals surface area contributed by atoms with E-state index >= 15 is 0 Å². The maximum absolute atomic E-state index is 9.41. The molecule has 2 nitrogen and oxygen atoms in total. The summed E-state index contributed by atoms with van der Waals surface area (Å²) in [5, 5.41) is 14.2. The third kappa shape index (κ3) is 4.48. The number of nitrogens with zero attached hydrogens (tertiary/aromatic N) is 1. The fourth-order valence-electron chi connectivity index (χ4n) is 5.93. The summed E-state index contributed by atoms with van der Waals surface area (Å²) in [6.07, 6.45) is 0. The van der Waals surface area contributed by atoms with Crippen molar-refractivity contribution in [3.8, 4) is 56.3 Å². The van der Waals surface area contributed by atoms with Gasteiger partial charge < -0.3 is 4.74 Å². The second kappa shape index (κ2) is 10.7. The zero-order valence-electron chi connectivity index (χ0n) is 23.2. The zero-order valence-corrected chi connectivity index (χ0v) is 23.2. The fraction of sp³-hybridized carbons (Fsp3) is 0.0250. The van der Waals surface area contributed by atoms with E-state index in [4.69, 9.17) is 4.74 Å². The summed E-state index contributed by atoms with van der Waals surface area (Å²) < 4.78 is 5.40. The van der Waals surface area contributed by atoms with Crippen molar-refractivity contribution in [1.29, 1.82) is 5.26 Å². The molecule has 7 rings (SSSR count). The number of methoxy groups -OCH3 is 1. The standard InChI is InChI=1S/C40H27NO/c1-42-34-22-19-30(20-23-34)33-21-24-37-38(25-33)40(32-17-15-29(16-18-32)28-7-3-2-4-8-28)36-10-6-5-9-35(36)39(37)31-13-11-27(26-41)12-14-31/h2-25H,1H3. The van der Waals surface area contributed by atoms with Crippen LogP contribution in [0.5, 0.6) is 5.75 Å². The quantitative estimate of drug-likeness (QED) is 0.205. The van der Waals surface area contributed by atoms with Crippen molar-refractivity contribution in [2.75, 3.05) is 7.11 Å². The predicted octanol–water partition coefficient (Wildman–Crippen LogP) is 10.5. The van der Waals surface area contributed by atoms with Crippen molar-refractivity contribution in [2.24, 2.45) is 0 Å². The Balaban J connectivity index is 1.52. The maximum atomic E-state index is 9.41. The molecular formula is C40H27NO. The van der Waals surface area contributed by atoms with Crippen LogP contribution in [0.4, 0.5) is 0 Å². The first kappa shape index (κ1) is 25.3. The molecule has 198 valence electrons. The molecule has 0 saturated carbocycles. The van der Waals surface area contributed by atoms with Crippen molar-refractivity contribution in [3.63, 3.8) is 0 Å². The first-order valence-corrected chi connectivity index (χ1v) is 14.0. The molecule has 0 aliphatic heterocycles. The van der Waals surface area contributed by atoms with Crippen LogP contribution in [-0.2, 0) is 0 Å². The lowest BCUT2D eigenvalue weighted by Gasteiger charge is -2.19. The molecule has 0 radical (unpaired) electrons. The Morgan fingerprint density at radius 2 is 0.881 bits per heavy atom. The minimum atomic E-state index is 0.657. The maximum Gasteiger partial charge on any atom is 0.118 e. The Morgan fingerprint density at radius 1 is 0.429 bits per heavy atom. The van der Waals surface area contributed by atoms with E-state index in [0.29, 0.717) is 5.56 Å². The van der Waals surface area contributed by atoms with Crippen LogP contribution < -0.4 is 4.74 Å². The number of fused-ring (bicyclic) bond motifs is 2. The van der Waals surface area contributed by atoms with Crippen LogP contribution in [-0.4, -0.2) is 7.11 Å². The van der Waals surface area contributed by atoms with Crippen LogP contribution in [0.2, 0.25) is 0 Å². The van der Waals surface area contributed by atoms with Gasteiger partial charge in [-0.2, -0.15) is 5.26 Å². The number of hydrogen-bond donors (Lipinski definition) is 0. The second-order valence-corrected chi connectivity index (χ2v) is 10.4. The minimum Gasteiger partial charge on any atom is -0.497 e. The summed E-state index contributed by atoms with van der Waals surface area (Å²) in [4.78, 5) is 0. The molecule has 0 spiro atoms. The van der Waals surface area contributed by atoms with Crippen molar-refractivity contribution in [3.05, 3.63) is 151 Å². The molecule has 0 atom stereocenters. The van der Waals surface area contributed by atoms with Gasteiger partial charge in [-0.05, 0) is 96.4 Å². The van der Waals surface area contributed by atoms with Gasteiger partial charge in [-0.25, -0.2) is 0 Å². The average Bonchev–Trinajstić information content (AvgIpc) is 3.07. The molecule has 42 heavy (non-hydrogen) atoms. The SMILES string of the molecule is COc1ccc(-c2ccc3c(-c4ccc(C#N)cc4)c4ccccc4c(-c4ccc(-c5ccccc5)cc4)c3c2)cc1. The first-order valence-electron chi connectivity index (χ1n) is 14.0. The molecule has 7 aromatic carbocycles. The van der Waals surface area contributed by atoms with Gasteiger partial charge in [-0.15, -0.1) is 0 Å². The first-order chi connectivity index (χ1) is 20.7. The Bertz CT molecular complexity index is 2080. The lowest BCUT2D eigenvalue weighted by molar-refractivity contribution is 0.415. The Labute approximate surface area is 245 Å². The van der Waals surface area contributed by atoms with Gasteiger partial charge in [0.05, 0.1) is 18.7 Å². The molecule has 0 amide bonds. The lowest BCUT2D eigenvalue weighted by Crippen LogP contribution is -1.92. The Kier molecular flexibility index (Phi) is 6.47. The fourth-order valence-corrected chi connectivity index (χ4v) is 5.93. The van der Waals surface area contributed by atoms with E-state index in [0.717, 1.165) is 22.4 Å². The Morgan fingerprint density at radius 3 is 1.50 bits per heavy atom. The zero-order chi connectivity index (χ0) is 28.5. The molecule has 0 aliphatic rings. The van der Waals surface area contributed by atoms with Gasteiger partial charge in [0.1, 0.15) is 5.75 Å². The van der Waals surface area contributed by atoms with Crippen LogP contribution in [0.1, 0.15) is 5.56 Å². The summed E-state index contributed by atoms with van der Waals surface area (Å²) in [6, 6.07) is 53.2. The number of ether oxygens (including phenoxy) is 1. The number of benzene rings is 7. The van der Waals surface area contributed by atoms with E-state index in [-0.39, 0.29) is 0 Å². The van der Waals surface area contributed by atoms with E-state index in [2.05, 4.69) is 121 Å². The van der Waals surface area contributed by atoms with Gasteiger partial charge in [0.15, 0.2) is 0 Å². The summed E-state index contributed by atoms with van der Waals surface area (Å²) in [5.74, 6) is 0.841. The monoisotopic (exact) mass is 537 g/mol. The van der Waals surface area contributed by atoms with Crippen molar-refractivity contribution in [1.82, 2.24) is 0 Å². The highest BCUT2D eigenvalue weighted by molar-refractivity contribution is 6.22. The summed E-state index contributed by atoms with van der Waals surface area (Å²) in [6.45, 7) is 0. The average molecular weight is 538 g/mol. The van der Waals surface area contributed by atoms with Crippen molar-refractivity contribution in [2.45, 2.75) is 0 Å². The number of nitriles is 1. The van der Waals surface area contributed by atoms with Gasteiger partial charge in [-0.1, -0.05) is 115 Å². The van der Waals surface area contributed by atoms with Gasteiger partial charge >= 0.3 is 0 Å². The summed E-state index contributed by atoms with van der Waals surface area (Å²) in [5.41, 5.74) is 10.0. The molecule has 0 unspecified atom stereocenters. The molecule has 0 N–H and O–H groups in total. The molecule has 0 aromatic heterocycles. The molecular weight excluding hydrogens is 510 g/mol. The van der Waals surface area contributed by atoms with Crippen LogP contribution >= 0.6 is 0 Å². The van der Waals surface area contributed by atoms with Crippen LogP contribution in [0.15, 0.2) is 146 Å². The van der Waals surface area contributed by atoms with Crippen molar-refractivity contribution < 1.29 is 4.74 Å². The highest BCUT2D eigenvalue weighted by atomic mass is 16.5. The molecule has 0 bridgehead atoms. The topological polar surface area (TPSA) is 33.0 Å². The van der Waals surface area contributed by atoms with E-state index in [1.807, 2.05) is 30.3 Å². The molecule has 0 fully saturated rings. The normalized spacial score (nSPS) is 11.0. The van der Waals surface area contributed by atoms with Crippen LogP contribution in [0.3, 0.4) is 0 Å². The van der Waals surface area contributed by atoms with Crippen molar-refractivity contribution >= 4 is 21.5 Å². The summed E-state index contributed by atoms with van der Waals surface area (Å²) in [7, 11) is 1.69. The molecule has 2 heteroatoms. The molecule has 0 heterocycles. The van der Waals surface area contributed by atoms with Crippen LogP contribution in [0, 0.1) is 11.3 Å². The van der Waals surface area contributed by atoms with E-state index < -0.39 is 0 Å². The number of rotatable bonds is 5. The van der Waals surface area contributed by atoms with Gasteiger partial charge in [0.2, 0.25) is 0 Å². The molecule has 0 saturated heterocycles. The van der Waals surface area contributed by atoms with Gasteiger partial charge in [-0.3, -0.25) is 0 Å². The largest absolute Gasteiger partial charge is 0.497 e. The highest BCUT2D eigenvalue weighted by Crippen LogP contribution is 2.45. The van der Waals surface area contributed by atoms with E-state index in [1.54, 1.807) is 7.11 Å². The number of hydrogen-bond acceptors (Lipinski definition) is 2. The van der Waals surface area contributed by atoms with Gasteiger partial charge in [0.25, 0.3) is 0 Å². The lowest BCUT2D eigenvalue weighted by atomic mass is 9.84. The highest BCUT2D eigenvalue weighted by Gasteiger charge is 2.17. The minimum absolute atomic E-state index is 0.657. The molecule has 7 aromatic rings. The van der Waals surface area contributed by atoms with Crippen LogP contribution in [0.25, 0.3) is 66.1 Å². The van der Waals surface area contributed by atoms with Gasteiger partial charge in [0, 0.05) is 0 Å². The third-order valence-electron chi connectivity index (χ3n) is 8.03.